The minimum Gasteiger partial charge on any atom is -0.493 e. The number of rotatable bonds is 10. The predicted octanol–water partition coefficient (Wildman–Crippen LogP) is 5.63. The van der Waals surface area contributed by atoms with E-state index in [4.69, 9.17) is 25.8 Å². The molecule has 2 aromatic rings. The average Bonchev–Trinajstić information content (AvgIpc) is 3.42. The number of aromatic nitrogens is 1. The lowest BCUT2D eigenvalue weighted by Crippen LogP contribution is -2.34. The molecule has 1 saturated carbocycles. The molecule has 0 saturated heterocycles. The Hall–Kier alpha value is -2.58. The van der Waals surface area contributed by atoms with Crippen molar-refractivity contribution in [2.75, 3.05) is 6.61 Å². The van der Waals surface area contributed by atoms with Crippen molar-refractivity contribution in [3.63, 3.8) is 0 Å². The summed E-state index contributed by atoms with van der Waals surface area (Å²) in [4.78, 5) is 28.9. The summed E-state index contributed by atoms with van der Waals surface area (Å²) in [5.74, 6) is 0.950. The molecule has 0 unspecified atom stereocenters. The lowest BCUT2D eigenvalue weighted by Gasteiger charge is -2.19. The van der Waals surface area contributed by atoms with E-state index < -0.39 is 17.5 Å². The van der Waals surface area contributed by atoms with E-state index in [1.54, 1.807) is 39.1 Å². The molecule has 1 fully saturated rings. The second kappa shape index (κ2) is 11.0. The molecule has 1 aromatic carbocycles. The van der Waals surface area contributed by atoms with E-state index in [1.165, 1.54) is 24.2 Å². The largest absolute Gasteiger partial charge is 0.493 e. The second-order valence-corrected chi connectivity index (χ2v) is 10.4. The number of nitrogens with one attached hydrogen (secondary N) is 1. The fraction of sp³-hybridized carbons (Fsp3) is 0.458. The molecule has 1 atom stereocenters. The topological polar surface area (TPSA) is 86.8 Å². The number of amides is 1. The highest BCUT2D eigenvalue weighted by Crippen LogP contribution is 2.35. The van der Waals surface area contributed by atoms with Crippen LogP contribution in [0.3, 0.4) is 0 Å². The van der Waals surface area contributed by atoms with Crippen molar-refractivity contribution in [3.05, 3.63) is 40.4 Å². The molecule has 1 aliphatic rings. The molecule has 0 aliphatic heterocycles. The molecule has 1 amide bonds. The number of ether oxygens (including phenoxy) is 3. The van der Waals surface area contributed by atoms with E-state index in [0.29, 0.717) is 21.9 Å². The number of carbonyl (C=O) groups is 2. The zero-order chi connectivity index (χ0) is 24.0. The lowest BCUT2D eigenvalue weighted by molar-refractivity contribution is -0.156. The zero-order valence-electron chi connectivity index (χ0n) is 19.2. The maximum Gasteiger partial charge on any atom is 0.315 e. The van der Waals surface area contributed by atoms with Gasteiger partial charge in [0.15, 0.2) is 0 Å². The van der Waals surface area contributed by atoms with E-state index >= 15 is 0 Å². The molecule has 0 radical (unpaired) electrons. The molecule has 7 nitrogen and oxygen atoms in total. The van der Waals surface area contributed by atoms with Gasteiger partial charge in [-0.15, -0.1) is 0 Å². The van der Waals surface area contributed by atoms with Crippen LogP contribution < -0.4 is 14.8 Å². The molecule has 1 heterocycles. The van der Waals surface area contributed by atoms with Crippen LogP contribution in [0.5, 0.6) is 16.7 Å². The molecule has 1 N–H and O–H groups in total. The van der Waals surface area contributed by atoms with Crippen LogP contribution in [0.15, 0.2) is 30.5 Å². The van der Waals surface area contributed by atoms with Gasteiger partial charge in [0.25, 0.3) is 5.19 Å². The summed E-state index contributed by atoms with van der Waals surface area (Å²) in [6.07, 6.45) is 7.45. The molecule has 3 rings (SSSR count). The van der Waals surface area contributed by atoms with E-state index in [9.17, 15) is 9.59 Å². The Morgan fingerprint density at radius 3 is 2.76 bits per heavy atom. The summed E-state index contributed by atoms with van der Waals surface area (Å²) < 4.78 is 16.7. The van der Waals surface area contributed by atoms with E-state index in [-0.39, 0.29) is 12.5 Å². The third-order valence-corrected chi connectivity index (χ3v) is 5.58. The molecule has 1 aromatic heterocycles. The van der Waals surface area contributed by atoms with Crippen molar-refractivity contribution >= 4 is 40.9 Å². The first-order chi connectivity index (χ1) is 15.6. The molecule has 0 bridgehead atoms. The summed E-state index contributed by atoms with van der Waals surface area (Å²) in [5, 5.41) is 3.65. The van der Waals surface area contributed by atoms with Crippen LogP contribution in [-0.2, 0) is 14.3 Å². The van der Waals surface area contributed by atoms with Crippen molar-refractivity contribution in [2.45, 2.75) is 58.6 Å². The highest BCUT2D eigenvalue weighted by atomic mass is 35.5. The zero-order valence-corrected chi connectivity index (χ0v) is 20.8. The predicted molar refractivity (Wildman–Crippen MR) is 129 cm³/mol. The first kappa shape index (κ1) is 25.1. The summed E-state index contributed by atoms with van der Waals surface area (Å²) in [6.45, 7) is 7.81. The average molecular weight is 493 g/mol. The van der Waals surface area contributed by atoms with Crippen LogP contribution in [0.1, 0.15) is 51.8 Å². The molecule has 178 valence electrons. The molecular weight excluding hydrogens is 464 g/mol. The quantitative estimate of drug-likeness (QED) is 0.342. The summed E-state index contributed by atoms with van der Waals surface area (Å²) in [6, 6.07) is 5.07. The first-order valence-corrected chi connectivity index (χ1v) is 12.0. The summed E-state index contributed by atoms with van der Waals surface area (Å²) in [7, 11) is 0. The Labute approximate surface area is 203 Å². The molecule has 9 heteroatoms. The standard InChI is InChI=1S/C24H29ClN2O5S/c1-15(27-21(28)12-22(29)32-24(2,3)4)5-9-18-13-26-23(33-18)31-20-10-8-17(11-19(20)25)30-14-16-6-7-16/h5,8-11,13,15-16H,6-7,12,14H2,1-4H3,(H,27,28)/t15-/m0/s1. The maximum absolute atomic E-state index is 12.0. The van der Waals surface area contributed by atoms with Crippen LogP contribution in [0.4, 0.5) is 0 Å². The number of halogens is 1. The smallest absolute Gasteiger partial charge is 0.315 e. The SMILES string of the molecule is C[C@@H](C=Cc1cnc(Oc2ccc(OCC3CC3)cc2Cl)s1)NC(=O)CC(=O)OC(C)(C)C. The van der Waals surface area contributed by atoms with E-state index in [0.717, 1.165) is 17.2 Å². The van der Waals surface area contributed by atoms with Crippen LogP contribution in [0.2, 0.25) is 5.02 Å². The van der Waals surface area contributed by atoms with Gasteiger partial charge in [0.2, 0.25) is 5.91 Å². The van der Waals surface area contributed by atoms with Crippen molar-refractivity contribution < 1.29 is 23.8 Å². The highest BCUT2D eigenvalue weighted by Gasteiger charge is 2.22. The minimum absolute atomic E-state index is 0.274. The van der Waals surface area contributed by atoms with Crippen LogP contribution in [-0.4, -0.2) is 35.1 Å². The third-order valence-electron chi connectivity index (χ3n) is 4.45. The Morgan fingerprint density at radius 1 is 1.33 bits per heavy atom. The molecule has 1 aliphatic carbocycles. The number of hydrogen-bond acceptors (Lipinski definition) is 7. The first-order valence-electron chi connectivity index (χ1n) is 10.8. The number of thiazole rings is 1. The van der Waals surface area contributed by atoms with E-state index in [1.807, 2.05) is 25.1 Å². The molecular formula is C24H29ClN2O5S. The minimum atomic E-state index is -0.620. The number of nitrogens with zero attached hydrogens (tertiary/aromatic N) is 1. The van der Waals surface area contributed by atoms with Crippen LogP contribution >= 0.6 is 22.9 Å². The van der Waals surface area contributed by atoms with Crippen molar-refractivity contribution in [3.8, 4) is 16.7 Å². The summed E-state index contributed by atoms with van der Waals surface area (Å²) in [5.41, 5.74) is -0.620. The Balaban J connectivity index is 1.47. The highest BCUT2D eigenvalue weighted by molar-refractivity contribution is 7.14. The fourth-order valence-corrected chi connectivity index (χ4v) is 3.64. The van der Waals surface area contributed by atoms with Crippen LogP contribution in [0, 0.1) is 5.92 Å². The van der Waals surface area contributed by atoms with Gasteiger partial charge in [-0.25, -0.2) is 4.98 Å². The Kier molecular flexibility index (Phi) is 8.37. The van der Waals surface area contributed by atoms with Gasteiger partial charge in [-0.2, -0.15) is 0 Å². The van der Waals surface area contributed by atoms with Gasteiger partial charge >= 0.3 is 5.97 Å². The maximum atomic E-state index is 12.0. The number of benzene rings is 1. The van der Waals surface area contributed by atoms with Gasteiger partial charge in [-0.3, -0.25) is 9.59 Å². The van der Waals surface area contributed by atoms with Gasteiger partial charge in [0.05, 0.1) is 16.5 Å². The molecule has 33 heavy (non-hydrogen) atoms. The van der Waals surface area contributed by atoms with Gasteiger partial charge < -0.3 is 19.5 Å². The normalized spacial score (nSPS) is 14.7. The number of hydrogen-bond donors (Lipinski definition) is 1. The van der Waals surface area contributed by atoms with Gasteiger partial charge in [-0.05, 0) is 64.7 Å². The van der Waals surface area contributed by atoms with E-state index in [2.05, 4.69) is 10.3 Å². The second-order valence-electron chi connectivity index (χ2n) is 8.96. The summed E-state index contributed by atoms with van der Waals surface area (Å²) >= 11 is 7.67. The number of esters is 1. The molecule has 0 spiro atoms. The fourth-order valence-electron chi connectivity index (χ4n) is 2.74. The number of carbonyl (C=O) groups excluding carboxylic acids is 2. The van der Waals surface area contributed by atoms with Gasteiger partial charge in [0.1, 0.15) is 23.5 Å². The Bertz CT molecular complexity index is 1010. The van der Waals surface area contributed by atoms with Crippen molar-refractivity contribution in [1.29, 1.82) is 0 Å². The third kappa shape index (κ3) is 9.06. The van der Waals surface area contributed by atoms with Crippen molar-refractivity contribution in [1.82, 2.24) is 10.3 Å². The van der Waals surface area contributed by atoms with Gasteiger partial charge in [-0.1, -0.05) is 29.0 Å². The monoisotopic (exact) mass is 492 g/mol. The lowest BCUT2D eigenvalue weighted by atomic mass is 10.2. The van der Waals surface area contributed by atoms with Crippen LogP contribution in [0.25, 0.3) is 6.08 Å². The Morgan fingerprint density at radius 2 is 2.09 bits per heavy atom. The van der Waals surface area contributed by atoms with Gasteiger partial charge in [0, 0.05) is 18.3 Å². The van der Waals surface area contributed by atoms with Crippen molar-refractivity contribution in [2.24, 2.45) is 5.92 Å².